The summed E-state index contributed by atoms with van der Waals surface area (Å²) in [6.07, 6.45) is 2.19. The molecule has 0 saturated heterocycles. The standard InChI is InChI=1S/C20H16N4O/c25-19-11-10-14-6-4-5-9-16(14)17(19)13-21-23-20-12-18(22-24-20)15-7-2-1-3-8-15/h1-11,13,18,25H,12H2/b21-13-,23-20-/t18-/m1/s1. The third kappa shape index (κ3) is 3.17. The smallest absolute Gasteiger partial charge is 0.175 e. The summed E-state index contributed by atoms with van der Waals surface area (Å²) >= 11 is 0. The van der Waals surface area contributed by atoms with Gasteiger partial charge in [-0.15, -0.1) is 10.2 Å². The van der Waals surface area contributed by atoms with Gasteiger partial charge in [0.05, 0.1) is 6.21 Å². The van der Waals surface area contributed by atoms with Gasteiger partial charge in [-0.25, -0.2) is 0 Å². The lowest BCUT2D eigenvalue weighted by atomic mass is 10.0. The van der Waals surface area contributed by atoms with Crippen LogP contribution in [0, 0.1) is 0 Å². The van der Waals surface area contributed by atoms with Gasteiger partial charge in [-0.05, 0) is 22.4 Å². The predicted octanol–water partition coefficient (Wildman–Crippen LogP) is 4.88. The number of hydrogen-bond donors (Lipinski definition) is 1. The molecule has 0 fully saturated rings. The molecular weight excluding hydrogens is 312 g/mol. The average Bonchev–Trinajstić information content (AvgIpc) is 3.13. The number of hydrogen-bond acceptors (Lipinski definition) is 4. The Morgan fingerprint density at radius 3 is 2.64 bits per heavy atom. The molecule has 122 valence electrons. The quantitative estimate of drug-likeness (QED) is 0.540. The van der Waals surface area contributed by atoms with Crippen LogP contribution in [-0.4, -0.2) is 17.2 Å². The summed E-state index contributed by atoms with van der Waals surface area (Å²) in [5.74, 6) is 0.766. The van der Waals surface area contributed by atoms with E-state index < -0.39 is 0 Å². The number of phenolic OH excluding ortho intramolecular Hbond substituents is 1. The van der Waals surface area contributed by atoms with Crippen molar-refractivity contribution in [2.75, 3.05) is 0 Å². The van der Waals surface area contributed by atoms with E-state index in [2.05, 4.69) is 20.4 Å². The number of rotatable bonds is 3. The lowest BCUT2D eigenvalue weighted by molar-refractivity contribution is 0.475. The van der Waals surface area contributed by atoms with E-state index in [0.29, 0.717) is 17.8 Å². The highest BCUT2D eigenvalue weighted by molar-refractivity contribution is 6.02. The molecule has 0 unspecified atom stereocenters. The monoisotopic (exact) mass is 328 g/mol. The number of phenols is 1. The molecule has 3 aromatic rings. The molecule has 0 bridgehead atoms. The van der Waals surface area contributed by atoms with Crippen molar-refractivity contribution in [3.8, 4) is 5.75 Å². The van der Waals surface area contributed by atoms with E-state index in [1.165, 1.54) is 0 Å². The number of benzene rings is 3. The van der Waals surface area contributed by atoms with Crippen molar-refractivity contribution >= 4 is 22.8 Å². The third-order valence-electron chi connectivity index (χ3n) is 4.18. The first-order chi connectivity index (χ1) is 12.3. The molecule has 5 nitrogen and oxygen atoms in total. The number of fused-ring (bicyclic) bond motifs is 1. The van der Waals surface area contributed by atoms with Crippen LogP contribution in [0.3, 0.4) is 0 Å². The molecule has 0 amide bonds. The van der Waals surface area contributed by atoms with Crippen molar-refractivity contribution in [2.24, 2.45) is 20.4 Å². The number of aromatic hydroxyl groups is 1. The van der Waals surface area contributed by atoms with Crippen molar-refractivity contribution in [2.45, 2.75) is 12.5 Å². The van der Waals surface area contributed by atoms with E-state index in [-0.39, 0.29) is 11.8 Å². The van der Waals surface area contributed by atoms with E-state index in [4.69, 9.17) is 0 Å². The summed E-state index contributed by atoms with van der Waals surface area (Å²) in [5.41, 5.74) is 1.77. The molecule has 0 spiro atoms. The highest BCUT2D eigenvalue weighted by atomic mass is 16.3. The number of azo groups is 1. The molecule has 1 aliphatic rings. The molecule has 3 aromatic carbocycles. The molecule has 0 aliphatic carbocycles. The number of nitrogens with zero attached hydrogens (tertiary/aromatic N) is 4. The molecule has 4 rings (SSSR count). The van der Waals surface area contributed by atoms with Crippen LogP contribution in [0.2, 0.25) is 0 Å². The number of amidine groups is 1. The van der Waals surface area contributed by atoms with Gasteiger partial charge in [0.25, 0.3) is 0 Å². The van der Waals surface area contributed by atoms with E-state index in [1.54, 1.807) is 12.3 Å². The first-order valence-corrected chi connectivity index (χ1v) is 8.08. The van der Waals surface area contributed by atoms with Crippen molar-refractivity contribution in [1.29, 1.82) is 0 Å². The minimum Gasteiger partial charge on any atom is -0.507 e. The van der Waals surface area contributed by atoms with E-state index in [0.717, 1.165) is 16.3 Å². The van der Waals surface area contributed by atoms with Crippen LogP contribution in [-0.2, 0) is 0 Å². The van der Waals surface area contributed by atoms with Gasteiger partial charge in [0.15, 0.2) is 5.84 Å². The molecule has 1 aliphatic heterocycles. The lowest BCUT2D eigenvalue weighted by Crippen LogP contribution is -1.95. The Bertz CT molecular complexity index is 993. The second-order valence-corrected chi connectivity index (χ2v) is 5.83. The molecule has 25 heavy (non-hydrogen) atoms. The van der Waals surface area contributed by atoms with Gasteiger partial charge in [-0.2, -0.15) is 10.2 Å². The van der Waals surface area contributed by atoms with Crippen LogP contribution in [0.15, 0.2) is 87.2 Å². The predicted molar refractivity (Wildman–Crippen MR) is 99.3 cm³/mol. The SMILES string of the molecule is Oc1ccc2ccccc2c1/C=N\N=C1\C[C@H](c2ccccc2)N=N1. The highest BCUT2D eigenvalue weighted by Gasteiger charge is 2.19. The summed E-state index contributed by atoms with van der Waals surface area (Å²) in [4.78, 5) is 0. The topological polar surface area (TPSA) is 69.7 Å². The zero-order chi connectivity index (χ0) is 17.1. The minimum absolute atomic E-state index is 0.00103. The maximum absolute atomic E-state index is 10.1. The average molecular weight is 328 g/mol. The molecular formula is C20H16N4O. The van der Waals surface area contributed by atoms with Gasteiger partial charge in [0.1, 0.15) is 11.8 Å². The van der Waals surface area contributed by atoms with E-state index in [1.807, 2.05) is 60.7 Å². The van der Waals surface area contributed by atoms with Gasteiger partial charge in [-0.1, -0.05) is 60.7 Å². The second-order valence-electron chi connectivity index (χ2n) is 5.83. The molecule has 1 N–H and O–H groups in total. The zero-order valence-corrected chi connectivity index (χ0v) is 13.4. The molecule has 0 aromatic heterocycles. The van der Waals surface area contributed by atoms with E-state index >= 15 is 0 Å². The Balaban J connectivity index is 1.55. The van der Waals surface area contributed by atoms with Crippen molar-refractivity contribution in [3.05, 3.63) is 77.9 Å². The second kappa shape index (κ2) is 6.65. The Morgan fingerprint density at radius 2 is 1.76 bits per heavy atom. The molecule has 0 saturated carbocycles. The summed E-state index contributed by atoms with van der Waals surface area (Å²) in [6.45, 7) is 0. The summed E-state index contributed by atoms with van der Waals surface area (Å²) < 4.78 is 0. The Kier molecular flexibility index (Phi) is 4.04. The molecule has 0 radical (unpaired) electrons. The Labute approximate surface area is 145 Å². The first kappa shape index (κ1) is 15.2. The highest BCUT2D eigenvalue weighted by Crippen LogP contribution is 2.28. The van der Waals surface area contributed by atoms with Crippen molar-refractivity contribution < 1.29 is 5.11 Å². The summed E-state index contributed by atoms with van der Waals surface area (Å²) in [5, 5.41) is 28.7. The fraction of sp³-hybridized carbons (Fsp3) is 0.100. The Morgan fingerprint density at radius 1 is 0.960 bits per heavy atom. The lowest BCUT2D eigenvalue weighted by Gasteiger charge is -2.04. The van der Waals surface area contributed by atoms with Crippen LogP contribution in [0.5, 0.6) is 5.75 Å². The van der Waals surface area contributed by atoms with Crippen LogP contribution < -0.4 is 0 Å². The molecule has 1 atom stereocenters. The van der Waals surface area contributed by atoms with Gasteiger partial charge in [0.2, 0.25) is 0 Å². The third-order valence-corrected chi connectivity index (χ3v) is 4.18. The minimum atomic E-state index is 0.00103. The van der Waals surface area contributed by atoms with Gasteiger partial charge >= 0.3 is 0 Å². The maximum Gasteiger partial charge on any atom is 0.175 e. The molecule has 1 heterocycles. The van der Waals surface area contributed by atoms with Gasteiger partial charge in [0, 0.05) is 12.0 Å². The fourth-order valence-corrected chi connectivity index (χ4v) is 2.88. The van der Waals surface area contributed by atoms with Crippen molar-refractivity contribution in [1.82, 2.24) is 0 Å². The normalized spacial score (nSPS) is 18.6. The largest absolute Gasteiger partial charge is 0.507 e. The van der Waals surface area contributed by atoms with Crippen molar-refractivity contribution in [3.63, 3.8) is 0 Å². The fourth-order valence-electron chi connectivity index (χ4n) is 2.88. The zero-order valence-electron chi connectivity index (χ0n) is 13.4. The summed E-state index contributed by atoms with van der Waals surface area (Å²) in [6, 6.07) is 21.4. The maximum atomic E-state index is 10.1. The molecule has 5 heteroatoms. The van der Waals surface area contributed by atoms with Gasteiger partial charge < -0.3 is 5.11 Å². The van der Waals surface area contributed by atoms with Crippen LogP contribution in [0.1, 0.15) is 23.6 Å². The van der Waals surface area contributed by atoms with Gasteiger partial charge in [-0.3, -0.25) is 0 Å². The summed E-state index contributed by atoms with van der Waals surface area (Å²) in [7, 11) is 0. The van der Waals surface area contributed by atoms with E-state index in [9.17, 15) is 5.11 Å². The van der Waals surface area contributed by atoms with Crippen LogP contribution in [0.4, 0.5) is 0 Å². The first-order valence-electron chi connectivity index (χ1n) is 8.08. The Hall–Kier alpha value is -3.34. The van der Waals surface area contributed by atoms with Crippen LogP contribution >= 0.6 is 0 Å². The van der Waals surface area contributed by atoms with Crippen LogP contribution in [0.25, 0.3) is 10.8 Å².